The molecule has 4 rings (SSSR count). The maximum Gasteiger partial charge on any atom is 0.370 e. The minimum atomic E-state index is -0.371. The van der Waals surface area contributed by atoms with Crippen molar-refractivity contribution < 1.29 is 4.79 Å². The predicted molar refractivity (Wildman–Crippen MR) is 103 cm³/mol. The molecule has 6 heteroatoms. The van der Waals surface area contributed by atoms with Crippen molar-refractivity contribution in [1.29, 1.82) is 5.26 Å². The number of nitrogens with zero attached hydrogens (tertiary/aromatic N) is 5. The fourth-order valence-electron chi connectivity index (χ4n) is 2.67. The van der Waals surface area contributed by atoms with Crippen LogP contribution in [0.5, 0.6) is 0 Å². The Labute approximate surface area is 156 Å². The summed E-state index contributed by atoms with van der Waals surface area (Å²) in [7, 11) is 0. The van der Waals surface area contributed by atoms with Gasteiger partial charge in [-0.15, -0.1) is 10.5 Å². The lowest BCUT2D eigenvalue weighted by atomic mass is 10.1. The molecule has 1 radical (unpaired) electrons. The molecule has 1 aliphatic heterocycles. The largest absolute Gasteiger partial charge is 0.370 e. The van der Waals surface area contributed by atoms with Crippen molar-refractivity contribution in [2.45, 2.75) is 0 Å². The molecule has 3 aromatic carbocycles. The van der Waals surface area contributed by atoms with Crippen LogP contribution in [0.1, 0.15) is 11.1 Å². The van der Waals surface area contributed by atoms with Crippen molar-refractivity contribution >= 4 is 23.2 Å². The van der Waals surface area contributed by atoms with Gasteiger partial charge in [0.2, 0.25) is 0 Å². The maximum atomic E-state index is 13.0. The fraction of sp³-hybridized carbons (Fsp3) is 0. The van der Waals surface area contributed by atoms with Crippen LogP contribution in [-0.4, -0.2) is 11.9 Å². The van der Waals surface area contributed by atoms with Gasteiger partial charge in [0.1, 0.15) is 0 Å². The molecule has 27 heavy (non-hydrogen) atoms. The van der Waals surface area contributed by atoms with Crippen LogP contribution in [0.4, 0.5) is 16.2 Å². The highest BCUT2D eigenvalue weighted by atomic mass is 16.2. The first-order valence-corrected chi connectivity index (χ1v) is 8.31. The number of urea groups is 1. The molecule has 0 aromatic heterocycles. The Hall–Kier alpha value is -4.11. The van der Waals surface area contributed by atoms with Crippen LogP contribution in [-0.2, 0) is 0 Å². The van der Waals surface area contributed by atoms with Crippen molar-refractivity contribution in [1.82, 2.24) is 5.43 Å². The van der Waals surface area contributed by atoms with E-state index in [9.17, 15) is 4.79 Å². The minimum absolute atomic E-state index is 0.371. The van der Waals surface area contributed by atoms with E-state index in [1.54, 1.807) is 24.3 Å². The lowest BCUT2D eigenvalue weighted by molar-refractivity contribution is 0.249. The number of benzene rings is 3. The zero-order valence-electron chi connectivity index (χ0n) is 14.2. The Kier molecular flexibility index (Phi) is 4.25. The standard InChI is InChI=1S/C21H14N5O/c22-15-16-11-13-17(14-12-16)20-23-25(18-7-3-1-4-8-18)21(27)26(24-20)19-9-5-2-6-10-19/h1-14H. The molecule has 0 bridgehead atoms. The molecular weight excluding hydrogens is 338 g/mol. The van der Waals surface area contributed by atoms with E-state index in [0.29, 0.717) is 28.3 Å². The fourth-order valence-corrected chi connectivity index (χ4v) is 2.67. The zero-order valence-corrected chi connectivity index (χ0v) is 14.2. The van der Waals surface area contributed by atoms with Crippen LogP contribution >= 0.6 is 0 Å². The van der Waals surface area contributed by atoms with E-state index >= 15 is 0 Å². The zero-order chi connectivity index (χ0) is 18.6. The van der Waals surface area contributed by atoms with E-state index in [0.717, 1.165) is 0 Å². The molecule has 0 fully saturated rings. The van der Waals surface area contributed by atoms with Crippen LogP contribution in [0.3, 0.4) is 0 Å². The molecule has 1 aliphatic rings. The first kappa shape index (κ1) is 16.4. The smallest absolute Gasteiger partial charge is 0.244 e. The summed E-state index contributed by atoms with van der Waals surface area (Å²) in [5, 5.41) is 16.1. The van der Waals surface area contributed by atoms with Gasteiger partial charge in [-0.25, -0.2) is 4.79 Å². The van der Waals surface area contributed by atoms with Gasteiger partial charge in [0, 0.05) is 5.56 Å². The summed E-state index contributed by atoms with van der Waals surface area (Å²) in [6.45, 7) is 0. The lowest BCUT2D eigenvalue weighted by Crippen LogP contribution is -2.52. The number of para-hydroxylation sites is 2. The van der Waals surface area contributed by atoms with Gasteiger partial charge in [-0.3, -0.25) is 0 Å². The van der Waals surface area contributed by atoms with Gasteiger partial charge in [-0.1, -0.05) is 36.4 Å². The van der Waals surface area contributed by atoms with E-state index in [-0.39, 0.29) is 6.03 Å². The van der Waals surface area contributed by atoms with E-state index in [4.69, 9.17) is 5.26 Å². The molecule has 3 aromatic rings. The molecule has 0 saturated heterocycles. The van der Waals surface area contributed by atoms with Gasteiger partial charge in [-0.05, 0) is 48.5 Å². The number of nitriles is 1. The summed E-state index contributed by atoms with van der Waals surface area (Å²) in [6.07, 6.45) is 0. The third-order valence-electron chi connectivity index (χ3n) is 4.03. The third-order valence-corrected chi connectivity index (χ3v) is 4.03. The number of hydrogen-bond donors (Lipinski definition) is 0. The molecule has 0 unspecified atom stereocenters. The lowest BCUT2D eigenvalue weighted by Gasteiger charge is -2.31. The van der Waals surface area contributed by atoms with Crippen LogP contribution in [0, 0.1) is 11.3 Å². The van der Waals surface area contributed by atoms with E-state index in [1.165, 1.54) is 10.0 Å². The Morgan fingerprint density at radius 2 is 1.30 bits per heavy atom. The summed E-state index contributed by atoms with van der Waals surface area (Å²) in [4.78, 5) is 13.0. The van der Waals surface area contributed by atoms with Gasteiger partial charge < -0.3 is 0 Å². The number of hydrazone groups is 1. The van der Waals surface area contributed by atoms with Gasteiger partial charge in [0.25, 0.3) is 0 Å². The van der Waals surface area contributed by atoms with E-state index in [1.807, 2.05) is 60.7 Å². The van der Waals surface area contributed by atoms with Gasteiger partial charge in [0.05, 0.1) is 23.0 Å². The van der Waals surface area contributed by atoms with Crippen molar-refractivity contribution in [2.75, 3.05) is 10.0 Å². The average Bonchev–Trinajstić information content (AvgIpc) is 2.75. The second kappa shape index (κ2) is 7.02. The molecule has 0 saturated carbocycles. The molecule has 0 atom stereocenters. The van der Waals surface area contributed by atoms with Crippen molar-refractivity contribution in [3.05, 3.63) is 96.1 Å². The van der Waals surface area contributed by atoms with E-state index in [2.05, 4.69) is 16.6 Å². The van der Waals surface area contributed by atoms with Crippen LogP contribution < -0.4 is 15.4 Å². The molecule has 6 nitrogen and oxygen atoms in total. The van der Waals surface area contributed by atoms with E-state index < -0.39 is 0 Å². The van der Waals surface area contributed by atoms with Crippen LogP contribution in [0.2, 0.25) is 0 Å². The quantitative estimate of drug-likeness (QED) is 0.717. The molecule has 0 aliphatic carbocycles. The summed E-state index contributed by atoms with van der Waals surface area (Å²) in [5.74, 6) is 0.381. The van der Waals surface area contributed by atoms with Gasteiger partial charge in [0.15, 0.2) is 5.84 Å². The number of anilines is 2. The number of carbonyl (C=O) groups excluding carboxylic acids is 1. The number of carbonyl (C=O) groups is 1. The van der Waals surface area contributed by atoms with Gasteiger partial charge in [-0.2, -0.15) is 15.3 Å². The maximum absolute atomic E-state index is 13.0. The Bertz CT molecular complexity index is 1020. The number of rotatable bonds is 3. The first-order valence-electron chi connectivity index (χ1n) is 8.31. The Morgan fingerprint density at radius 3 is 1.85 bits per heavy atom. The third kappa shape index (κ3) is 3.22. The summed E-state index contributed by atoms with van der Waals surface area (Å²) in [6, 6.07) is 27.0. The summed E-state index contributed by atoms with van der Waals surface area (Å²) < 4.78 is 0. The molecule has 0 spiro atoms. The summed E-state index contributed by atoms with van der Waals surface area (Å²) >= 11 is 0. The van der Waals surface area contributed by atoms with Crippen LogP contribution in [0.15, 0.2) is 90.0 Å². The molecule has 2 amide bonds. The average molecular weight is 352 g/mol. The molecule has 0 N–H and O–H groups in total. The predicted octanol–water partition coefficient (Wildman–Crippen LogP) is 3.89. The highest BCUT2D eigenvalue weighted by Gasteiger charge is 2.32. The number of amidine groups is 1. The number of amides is 2. The Morgan fingerprint density at radius 1 is 0.741 bits per heavy atom. The second-order valence-corrected chi connectivity index (χ2v) is 5.79. The normalized spacial score (nSPS) is 13.6. The van der Waals surface area contributed by atoms with Crippen molar-refractivity contribution in [2.24, 2.45) is 5.10 Å². The topological polar surface area (TPSA) is 73.8 Å². The highest BCUT2D eigenvalue weighted by molar-refractivity contribution is 6.12. The summed E-state index contributed by atoms with van der Waals surface area (Å²) in [5.41, 5.74) is 6.99. The molecule has 129 valence electrons. The SMILES string of the molecule is N#Cc1ccc(C2=NN(c3ccccc3)C(=O)N(c3ccccc3)[N]2)cc1. The highest BCUT2D eigenvalue weighted by Crippen LogP contribution is 2.24. The Balaban J connectivity index is 1.79. The second-order valence-electron chi connectivity index (χ2n) is 5.79. The van der Waals surface area contributed by atoms with Crippen molar-refractivity contribution in [3.8, 4) is 6.07 Å². The minimum Gasteiger partial charge on any atom is -0.244 e. The molecule has 1 heterocycles. The van der Waals surface area contributed by atoms with Crippen LogP contribution in [0.25, 0.3) is 0 Å². The van der Waals surface area contributed by atoms with Gasteiger partial charge >= 0.3 is 6.03 Å². The molecular formula is C21H14N5O. The van der Waals surface area contributed by atoms with Crippen molar-refractivity contribution in [3.63, 3.8) is 0 Å². The first-order chi connectivity index (χ1) is 13.3. The number of hydrogen-bond acceptors (Lipinski definition) is 3. The monoisotopic (exact) mass is 352 g/mol.